The third-order valence-electron chi connectivity index (χ3n) is 2.92. The fourth-order valence-electron chi connectivity index (χ4n) is 2.00. The van der Waals surface area contributed by atoms with E-state index in [1.165, 1.54) is 12.0 Å². The summed E-state index contributed by atoms with van der Waals surface area (Å²) in [6.45, 7) is 5.47. The van der Waals surface area contributed by atoms with Crippen molar-refractivity contribution >= 4 is 0 Å². The van der Waals surface area contributed by atoms with Gasteiger partial charge in [-0.2, -0.15) is 5.26 Å². The molecule has 2 rings (SSSR count). The van der Waals surface area contributed by atoms with Gasteiger partial charge in [0.2, 0.25) is 0 Å². The molecule has 1 aromatic rings. The Labute approximate surface area is 96.7 Å². The van der Waals surface area contributed by atoms with Crippen molar-refractivity contribution in [1.82, 2.24) is 10.2 Å². The number of hydrogen-bond acceptors (Lipinski definition) is 3. The van der Waals surface area contributed by atoms with E-state index < -0.39 is 0 Å². The van der Waals surface area contributed by atoms with Crippen molar-refractivity contribution in [2.45, 2.75) is 13.0 Å². The van der Waals surface area contributed by atoms with Gasteiger partial charge < -0.3 is 5.32 Å². The first-order valence-corrected chi connectivity index (χ1v) is 5.80. The summed E-state index contributed by atoms with van der Waals surface area (Å²) < 4.78 is 0. The van der Waals surface area contributed by atoms with Gasteiger partial charge in [0.15, 0.2) is 0 Å². The molecule has 1 aromatic carbocycles. The highest BCUT2D eigenvalue weighted by atomic mass is 15.1. The van der Waals surface area contributed by atoms with Gasteiger partial charge in [-0.15, -0.1) is 0 Å². The SMILES string of the molecule is N#Cc1ccc(CN2CCCNCC2)cc1. The van der Waals surface area contributed by atoms with Crippen LogP contribution in [0, 0.1) is 11.3 Å². The fourth-order valence-corrected chi connectivity index (χ4v) is 2.00. The minimum atomic E-state index is 0.737. The van der Waals surface area contributed by atoms with Crippen LogP contribution in [0.15, 0.2) is 24.3 Å². The largest absolute Gasteiger partial charge is 0.315 e. The lowest BCUT2D eigenvalue weighted by atomic mass is 10.1. The number of nitrogens with one attached hydrogen (secondary N) is 1. The van der Waals surface area contributed by atoms with E-state index >= 15 is 0 Å². The van der Waals surface area contributed by atoms with Gasteiger partial charge in [0.05, 0.1) is 11.6 Å². The maximum atomic E-state index is 8.72. The first-order chi connectivity index (χ1) is 7.88. The topological polar surface area (TPSA) is 39.1 Å². The molecule has 1 saturated heterocycles. The Balaban J connectivity index is 1.94. The van der Waals surface area contributed by atoms with E-state index in [2.05, 4.69) is 28.4 Å². The number of nitrogens with zero attached hydrogens (tertiary/aromatic N) is 2. The zero-order chi connectivity index (χ0) is 11.2. The molecule has 0 atom stereocenters. The number of nitriles is 1. The van der Waals surface area contributed by atoms with E-state index in [1.54, 1.807) is 0 Å². The molecule has 0 aliphatic carbocycles. The quantitative estimate of drug-likeness (QED) is 0.809. The lowest BCUT2D eigenvalue weighted by Crippen LogP contribution is -2.27. The molecule has 16 heavy (non-hydrogen) atoms. The van der Waals surface area contributed by atoms with Crippen molar-refractivity contribution in [3.8, 4) is 6.07 Å². The second-order valence-corrected chi connectivity index (χ2v) is 4.19. The van der Waals surface area contributed by atoms with Gasteiger partial charge in [-0.05, 0) is 37.2 Å². The molecule has 84 valence electrons. The second-order valence-electron chi connectivity index (χ2n) is 4.19. The number of hydrogen-bond donors (Lipinski definition) is 1. The van der Waals surface area contributed by atoms with Crippen molar-refractivity contribution in [1.29, 1.82) is 5.26 Å². The molecule has 0 bridgehead atoms. The van der Waals surface area contributed by atoms with Crippen molar-refractivity contribution in [2.24, 2.45) is 0 Å². The standard InChI is InChI=1S/C13H17N3/c14-10-12-2-4-13(5-3-12)11-16-8-1-6-15-7-9-16/h2-5,15H,1,6-9,11H2. The van der Waals surface area contributed by atoms with E-state index in [1.807, 2.05) is 12.1 Å². The van der Waals surface area contributed by atoms with Crippen LogP contribution in [-0.2, 0) is 6.54 Å². The average Bonchev–Trinajstić information content (AvgIpc) is 2.59. The molecule has 1 fully saturated rings. The Hall–Kier alpha value is -1.37. The van der Waals surface area contributed by atoms with Crippen molar-refractivity contribution in [2.75, 3.05) is 26.2 Å². The van der Waals surface area contributed by atoms with Gasteiger partial charge in [0.1, 0.15) is 0 Å². The van der Waals surface area contributed by atoms with Gasteiger partial charge in [-0.1, -0.05) is 12.1 Å². The normalized spacial score (nSPS) is 17.7. The molecular weight excluding hydrogens is 198 g/mol. The Morgan fingerprint density at radius 1 is 1.19 bits per heavy atom. The molecule has 0 saturated carbocycles. The third kappa shape index (κ3) is 3.06. The fraction of sp³-hybridized carbons (Fsp3) is 0.462. The third-order valence-corrected chi connectivity index (χ3v) is 2.92. The average molecular weight is 215 g/mol. The molecule has 1 aliphatic heterocycles. The van der Waals surface area contributed by atoms with Crippen LogP contribution < -0.4 is 5.32 Å². The van der Waals surface area contributed by atoms with Crippen LogP contribution >= 0.6 is 0 Å². The van der Waals surface area contributed by atoms with Gasteiger partial charge in [0, 0.05) is 19.6 Å². The lowest BCUT2D eigenvalue weighted by molar-refractivity contribution is 0.284. The highest BCUT2D eigenvalue weighted by Gasteiger charge is 2.08. The molecule has 0 spiro atoms. The van der Waals surface area contributed by atoms with Crippen LogP contribution in [-0.4, -0.2) is 31.1 Å². The molecule has 0 unspecified atom stereocenters. The summed E-state index contributed by atoms with van der Waals surface area (Å²) in [5.41, 5.74) is 2.03. The number of benzene rings is 1. The van der Waals surface area contributed by atoms with Crippen LogP contribution in [0.2, 0.25) is 0 Å². The second kappa shape index (κ2) is 5.64. The lowest BCUT2D eigenvalue weighted by Gasteiger charge is -2.19. The predicted molar refractivity (Wildman–Crippen MR) is 63.9 cm³/mol. The van der Waals surface area contributed by atoms with Crippen LogP contribution in [0.25, 0.3) is 0 Å². The van der Waals surface area contributed by atoms with E-state index in [0.717, 1.165) is 38.3 Å². The summed E-state index contributed by atoms with van der Waals surface area (Å²) in [7, 11) is 0. The van der Waals surface area contributed by atoms with Gasteiger partial charge in [-0.3, -0.25) is 4.90 Å². The summed E-state index contributed by atoms with van der Waals surface area (Å²) >= 11 is 0. The maximum Gasteiger partial charge on any atom is 0.0991 e. The van der Waals surface area contributed by atoms with Crippen LogP contribution in [0.4, 0.5) is 0 Å². The smallest absolute Gasteiger partial charge is 0.0991 e. The number of rotatable bonds is 2. The zero-order valence-corrected chi connectivity index (χ0v) is 9.45. The van der Waals surface area contributed by atoms with Crippen LogP contribution in [0.5, 0.6) is 0 Å². The molecule has 0 radical (unpaired) electrons. The molecule has 1 aliphatic rings. The van der Waals surface area contributed by atoms with Crippen LogP contribution in [0.3, 0.4) is 0 Å². The molecule has 0 aromatic heterocycles. The molecule has 0 amide bonds. The Bertz CT molecular complexity index is 356. The van der Waals surface area contributed by atoms with Crippen molar-refractivity contribution in [3.63, 3.8) is 0 Å². The van der Waals surface area contributed by atoms with Gasteiger partial charge in [0.25, 0.3) is 0 Å². The monoisotopic (exact) mass is 215 g/mol. The molecule has 1 heterocycles. The Kier molecular flexibility index (Phi) is 3.92. The van der Waals surface area contributed by atoms with E-state index in [9.17, 15) is 0 Å². The Morgan fingerprint density at radius 2 is 2.00 bits per heavy atom. The highest BCUT2D eigenvalue weighted by Crippen LogP contribution is 2.08. The van der Waals surface area contributed by atoms with Gasteiger partial charge >= 0.3 is 0 Å². The van der Waals surface area contributed by atoms with Crippen molar-refractivity contribution < 1.29 is 0 Å². The summed E-state index contributed by atoms with van der Waals surface area (Å²) in [4.78, 5) is 2.46. The molecule has 1 N–H and O–H groups in total. The van der Waals surface area contributed by atoms with E-state index in [4.69, 9.17) is 5.26 Å². The molecule has 3 heteroatoms. The summed E-state index contributed by atoms with van der Waals surface area (Å²) in [5, 5.41) is 12.1. The van der Waals surface area contributed by atoms with Gasteiger partial charge in [-0.25, -0.2) is 0 Å². The predicted octanol–water partition coefficient (Wildman–Crippen LogP) is 1.35. The molecular formula is C13H17N3. The highest BCUT2D eigenvalue weighted by molar-refractivity contribution is 5.31. The summed E-state index contributed by atoms with van der Waals surface area (Å²) in [6.07, 6.45) is 1.22. The summed E-state index contributed by atoms with van der Waals surface area (Å²) in [5.74, 6) is 0. The minimum Gasteiger partial charge on any atom is -0.315 e. The van der Waals surface area contributed by atoms with Crippen LogP contribution in [0.1, 0.15) is 17.5 Å². The first kappa shape index (κ1) is 11.1. The van der Waals surface area contributed by atoms with E-state index in [0.29, 0.717) is 0 Å². The molecule has 3 nitrogen and oxygen atoms in total. The summed E-state index contributed by atoms with van der Waals surface area (Å²) in [6, 6.07) is 10.0. The van der Waals surface area contributed by atoms with E-state index in [-0.39, 0.29) is 0 Å². The first-order valence-electron chi connectivity index (χ1n) is 5.80. The zero-order valence-electron chi connectivity index (χ0n) is 9.45. The minimum absolute atomic E-state index is 0.737. The van der Waals surface area contributed by atoms with Crippen molar-refractivity contribution in [3.05, 3.63) is 35.4 Å². The Morgan fingerprint density at radius 3 is 2.75 bits per heavy atom. The maximum absolute atomic E-state index is 8.72.